The van der Waals surface area contributed by atoms with Crippen molar-refractivity contribution in [2.75, 3.05) is 18.5 Å². The number of benzene rings is 1. The van der Waals surface area contributed by atoms with Crippen molar-refractivity contribution in [2.24, 2.45) is 5.73 Å². The smallest absolute Gasteiger partial charge is 0.287 e. The van der Waals surface area contributed by atoms with E-state index < -0.39 is 0 Å². The van der Waals surface area contributed by atoms with E-state index in [0.29, 0.717) is 6.67 Å². The van der Waals surface area contributed by atoms with Crippen molar-refractivity contribution in [3.8, 4) is 0 Å². The van der Waals surface area contributed by atoms with Gasteiger partial charge >= 0.3 is 0 Å². The minimum absolute atomic E-state index is 0.283. The summed E-state index contributed by atoms with van der Waals surface area (Å²) < 4.78 is 2.20. The summed E-state index contributed by atoms with van der Waals surface area (Å²) in [6.07, 6.45) is 9.99. The van der Waals surface area contributed by atoms with Gasteiger partial charge in [-0.1, -0.05) is 25.5 Å². The van der Waals surface area contributed by atoms with Gasteiger partial charge < -0.3 is 11.1 Å². The molecule has 0 bridgehead atoms. The number of fused-ring (bicyclic) bond motifs is 1. The van der Waals surface area contributed by atoms with Gasteiger partial charge in [0.05, 0.1) is 17.8 Å². The molecule has 6 heteroatoms. The quantitative estimate of drug-likeness (QED) is 0.549. The number of hydrogen-bond acceptors (Lipinski definition) is 3. The number of hydrogen-bond donors (Lipinski definition) is 3. The Morgan fingerprint density at radius 2 is 2.07 bits per heavy atom. The van der Waals surface area contributed by atoms with Gasteiger partial charge in [-0.3, -0.25) is 4.98 Å². The highest BCUT2D eigenvalue weighted by Crippen LogP contribution is 2.28. The average molecular weight is 381 g/mol. The first-order valence-corrected chi connectivity index (χ1v) is 9.70. The standard InChI is InChI=1S/C21H25N5S/c1-3-5-16-12-17(7-6-15-8-10-23-11-9-15)19-18(13-16)20(25-21(22)27)26(4-2)14-24-19/h6-13H,3-5,14H2,1-2H3,(H3,22,23,24,25,27)/p+1. The van der Waals surface area contributed by atoms with Gasteiger partial charge in [0.2, 0.25) is 0 Å². The van der Waals surface area contributed by atoms with Crippen LogP contribution in [0.3, 0.4) is 0 Å². The highest BCUT2D eigenvalue weighted by molar-refractivity contribution is 7.80. The van der Waals surface area contributed by atoms with Gasteiger partial charge in [-0.2, -0.15) is 0 Å². The summed E-state index contributed by atoms with van der Waals surface area (Å²) in [6.45, 7) is 5.88. The van der Waals surface area contributed by atoms with E-state index in [1.807, 2.05) is 12.1 Å². The fourth-order valence-electron chi connectivity index (χ4n) is 3.29. The van der Waals surface area contributed by atoms with Crippen molar-refractivity contribution in [1.82, 2.24) is 10.3 Å². The summed E-state index contributed by atoms with van der Waals surface area (Å²) in [5.41, 5.74) is 11.6. The van der Waals surface area contributed by atoms with Gasteiger partial charge in [-0.05, 0) is 66.5 Å². The topological polar surface area (TPSA) is 66.0 Å². The zero-order valence-electron chi connectivity index (χ0n) is 15.8. The second-order valence-electron chi connectivity index (χ2n) is 6.50. The molecule has 1 aliphatic heterocycles. The molecule has 0 amide bonds. The van der Waals surface area contributed by atoms with Crippen LogP contribution in [0, 0.1) is 0 Å². The zero-order valence-corrected chi connectivity index (χ0v) is 16.6. The molecule has 5 nitrogen and oxygen atoms in total. The lowest BCUT2D eigenvalue weighted by molar-refractivity contribution is -0.520. The van der Waals surface area contributed by atoms with E-state index in [-0.39, 0.29) is 5.11 Å². The second kappa shape index (κ2) is 8.77. The SMILES string of the molecule is CCCc1cc(/C=C/c2ccncc2)c2c(c1)C(NC(N)=S)=[N+](CC)CN2. The molecule has 0 saturated heterocycles. The van der Waals surface area contributed by atoms with E-state index in [2.05, 4.69) is 58.3 Å². The van der Waals surface area contributed by atoms with Crippen molar-refractivity contribution in [3.63, 3.8) is 0 Å². The highest BCUT2D eigenvalue weighted by Gasteiger charge is 2.26. The Bertz CT molecular complexity index is 887. The molecular weight excluding hydrogens is 354 g/mol. The fourth-order valence-corrected chi connectivity index (χ4v) is 3.39. The number of thiocarbonyl (C=S) groups is 1. The van der Waals surface area contributed by atoms with Crippen LogP contribution in [0.2, 0.25) is 0 Å². The van der Waals surface area contributed by atoms with Gasteiger partial charge in [-0.15, -0.1) is 0 Å². The van der Waals surface area contributed by atoms with Crippen LogP contribution < -0.4 is 16.4 Å². The Labute approximate surface area is 166 Å². The number of rotatable bonds is 5. The van der Waals surface area contributed by atoms with E-state index in [9.17, 15) is 0 Å². The molecule has 2 heterocycles. The molecule has 1 aliphatic rings. The first-order valence-electron chi connectivity index (χ1n) is 9.30. The average Bonchev–Trinajstić information content (AvgIpc) is 2.67. The van der Waals surface area contributed by atoms with Crippen molar-refractivity contribution >= 4 is 41.0 Å². The summed E-state index contributed by atoms with van der Waals surface area (Å²) in [6, 6.07) is 8.49. The van der Waals surface area contributed by atoms with Crippen LogP contribution >= 0.6 is 12.2 Å². The summed E-state index contributed by atoms with van der Waals surface area (Å²) >= 11 is 5.12. The number of aromatic nitrogens is 1. The minimum atomic E-state index is 0.283. The number of anilines is 1. The van der Waals surface area contributed by atoms with Gasteiger partial charge in [0.25, 0.3) is 10.9 Å². The molecule has 3 rings (SSSR count). The van der Waals surface area contributed by atoms with Crippen LogP contribution in [0.4, 0.5) is 5.69 Å². The Kier molecular flexibility index (Phi) is 6.19. The molecule has 0 fully saturated rings. The fraction of sp³-hybridized carbons (Fsp3) is 0.286. The van der Waals surface area contributed by atoms with E-state index in [1.54, 1.807) is 12.4 Å². The molecule has 1 aromatic heterocycles. The number of nitrogens with two attached hydrogens (primary N) is 1. The number of nitrogens with zero attached hydrogens (tertiary/aromatic N) is 2. The lowest BCUT2D eigenvalue weighted by Crippen LogP contribution is -2.45. The number of nitrogens with one attached hydrogen (secondary N) is 2. The monoisotopic (exact) mass is 380 g/mol. The Balaban J connectivity index is 2.10. The molecule has 2 aromatic rings. The first kappa shape index (κ1) is 19.0. The van der Waals surface area contributed by atoms with Crippen molar-refractivity contribution in [1.29, 1.82) is 0 Å². The predicted molar refractivity (Wildman–Crippen MR) is 117 cm³/mol. The number of amidine groups is 1. The molecule has 1 aromatic carbocycles. The number of aryl methyl sites for hydroxylation is 1. The highest BCUT2D eigenvalue weighted by atomic mass is 32.1. The van der Waals surface area contributed by atoms with Gasteiger partial charge in [0.15, 0.2) is 6.67 Å². The largest absolute Gasteiger partial charge is 0.357 e. The maximum atomic E-state index is 5.80. The maximum Gasteiger partial charge on any atom is 0.287 e. The van der Waals surface area contributed by atoms with Crippen molar-refractivity contribution in [3.05, 3.63) is 58.9 Å². The van der Waals surface area contributed by atoms with Crippen LogP contribution in [0.15, 0.2) is 36.7 Å². The molecule has 0 unspecified atom stereocenters. The molecule has 140 valence electrons. The third kappa shape index (κ3) is 4.52. The third-order valence-electron chi connectivity index (χ3n) is 4.57. The van der Waals surface area contributed by atoms with Crippen LogP contribution in [0.1, 0.15) is 42.5 Å². The van der Waals surface area contributed by atoms with Crippen LogP contribution in [-0.2, 0) is 6.42 Å². The summed E-state index contributed by atoms with van der Waals surface area (Å²) in [5, 5.41) is 7.03. The Morgan fingerprint density at radius 3 is 2.74 bits per heavy atom. The molecule has 0 radical (unpaired) electrons. The van der Waals surface area contributed by atoms with Crippen molar-refractivity contribution in [2.45, 2.75) is 26.7 Å². The van der Waals surface area contributed by atoms with Crippen LogP contribution in [0.5, 0.6) is 0 Å². The summed E-state index contributed by atoms with van der Waals surface area (Å²) in [5.74, 6) is 0.968. The molecule has 0 spiro atoms. The molecule has 0 atom stereocenters. The first-order chi connectivity index (χ1) is 13.1. The molecule has 0 aliphatic carbocycles. The molecule has 27 heavy (non-hydrogen) atoms. The van der Waals surface area contributed by atoms with Gasteiger partial charge in [0.1, 0.15) is 0 Å². The summed E-state index contributed by atoms with van der Waals surface area (Å²) in [4.78, 5) is 4.08. The Hall–Kier alpha value is -2.73. The lowest BCUT2D eigenvalue weighted by Gasteiger charge is -2.23. The van der Waals surface area contributed by atoms with Gasteiger partial charge in [0, 0.05) is 12.4 Å². The predicted octanol–water partition coefficient (Wildman–Crippen LogP) is 3.20. The maximum absolute atomic E-state index is 5.80. The van der Waals surface area contributed by atoms with E-state index in [1.165, 1.54) is 5.56 Å². The number of pyridine rings is 1. The molecule has 4 N–H and O–H groups in total. The van der Waals surface area contributed by atoms with E-state index in [0.717, 1.165) is 47.6 Å². The lowest BCUT2D eigenvalue weighted by atomic mass is 9.97. The second-order valence-corrected chi connectivity index (χ2v) is 6.94. The van der Waals surface area contributed by atoms with Crippen LogP contribution in [0.25, 0.3) is 12.2 Å². The zero-order chi connectivity index (χ0) is 19.2. The van der Waals surface area contributed by atoms with Gasteiger partial charge in [-0.25, -0.2) is 9.89 Å². The Morgan fingerprint density at radius 1 is 1.30 bits per heavy atom. The normalized spacial score (nSPS) is 13.4. The molecular formula is C21H26N5S+. The third-order valence-corrected chi connectivity index (χ3v) is 4.67. The molecule has 0 saturated carbocycles. The van der Waals surface area contributed by atoms with E-state index >= 15 is 0 Å². The van der Waals surface area contributed by atoms with Crippen molar-refractivity contribution < 1.29 is 4.58 Å². The minimum Gasteiger partial charge on any atom is -0.357 e. The van der Waals surface area contributed by atoms with Crippen LogP contribution in [-0.4, -0.2) is 33.7 Å². The summed E-state index contributed by atoms with van der Waals surface area (Å²) in [7, 11) is 0. The van der Waals surface area contributed by atoms with E-state index in [4.69, 9.17) is 18.0 Å².